The average molecular weight is 360 g/mol. The molecule has 0 spiro atoms. The number of halogens is 2. The van der Waals surface area contributed by atoms with Gasteiger partial charge in [0.15, 0.2) is 5.13 Å². The van der Waals surface area contributed by atoms with Crippen molar-refractivity contribution in [3.8, 4) is 0 Å². The molecule has 0 saturated heterocycles. The van der Waals surface area contributed by atoms with Crippen molar-refractivity contribution in [3.05, 3.63) is 44.0 Å². The number of nitrogens with zero attached hydrogens (tertiary/aromatic N) is 1. The van der Waals surface area contributed by atoms with Crippen LogP contribution < -0.4 is 5.32 Å². The normalized spacial score (nSPS) is 11.0. The van der Waals surface area contributed by atoms with Crippen molar-refractivity contribution in [2.45, 2.75) is 6.54 Å². The molecule has 18 heavy (non-hydrogen) atoms. The van der Waals surface area contributed by atoms with Crippen LogP contribution in [0.2, 0.25) is 5.02 Å². The molecule has 2 heterocycles. The summed E-state index contributed by atoms with van der Waals surface area (Å²) in [4.78, 5) is 5.79. The third-order valence-electron chi connectivity index (χ3n) is 2.39. The molecule has 0 amide bonds. The fourth-order valence-electron chi connectivity index (χ4n) is 1.59. The van der Waals surface area contributed by atoms with E-state index in [-0.39, 0.29) is 0 Å². The number of aromatic nitrogens is 1. The molecule has 1 aromatic carbocycles. The van der Waals surface area contributed by atoms with Gasteiger partial charge < -0.3 is 5.32 Å². The average Bonchev–Trinajstić information content (AvgIpc) is 2.92. The second-order valence-electron chi connectivity index (χ2n) is 3.72. The number of hydrogen-bond donors (Lipinski definition) is 1. The van der Waals surface area contributed by atoms with Crippen LogP contribution in [-0.2, 0) is 6.54 Å². The maximum atomic E-state index is 5.94. The van der Waals surface area contributed by atoms with E-state index in [9.17, 15) is 0 Å². The van der Waals surface area contributed by atoms with Crippen molar-refractivity contribution in [2.24, 2.45) is 0 Å². The van der Waals surface area contributed by atoms with Crippen molar-refractivity contribution >= 4 is 65.6 Å². The smallest absolute Gasteiger partial charge is 0.184 e. The van der Waals surface area contributed by atoms with Crippen molar-refractivity contribution in [1.29, 1.82) is 0 Å². The molecule has 92 valence electrons. The minimum absolute atomic E-state index is 0.724. The molecule has 3 rings (SSSR count). The fraction of sp³-hybridized carbons (Fsp3) is 0.0833. The highest BCUT2D eigenvalue weighted by molar-refractivity contribution is 9.10. The summed E-state index contributed by atoms with van der Waals surface area (Å²) < 4.78 is 2.27. The zero-order valence-corrected chi connectivity index (χ0v) is 13.1. The van der Waals surface area contributed by atoms with Gasteiger partial charge in [-0.1, -0.05) is 22.9 Å². The molecule has 0 unspecified atom stereocenters. The van der Waals surface area contributed by atoms with E-state index < -0.39 is 0 Å². The number of nitrogens with one attached hydrogen (secondary N) is 1. The van der Waals surface area contributed by atoms with Crippen LogP contribution in [0.4, 0.5) is 5.13 Å². The minimum atomic E-state index is 0.724. The lowest BCUT2D eigenvalue weighted by atomic mass is 10.3. The summed E-state index contributed by atoms with van der Waals surface area (Å²) in [5.74, 6) is 0. The number of thiazole rings is 1. The Labute approximate surface area is 126 Å². The first-order valence-electron chi connectivity index (χ1n) is 5.23. The van der Waals surface area contributed by atoms with Gasteiger partial charge >= 0.3 is 0 Å². The quantitative estimate of drug-likeness (QED) is 0.678. The Hall–Kier alpha value is -0.620. The van der Waals surface area contributed by atoms with Crippen molar-refractivity contribution < 1.29 is 0 Å². The largest absolute Gasteiger partial charge is 0.357 e. The SMILES string of the molecule is Clc1ccc2sc(NCc3cc(Br)cs3)nc2c1. The number of hydrogen-bond acceptors (Lipinski definition) is 4. The molecule has 6 heteroatoms. The van der Waals surface area contributed by atoms with E-state index in [2.05, 4.69) is 37.7 Å². The molecule has 3 aromatic rings. The van der Waals surface area contributed by atoms with Crippen LogP contribution in [0, 0.1) is 0 Å². The first kappa shape index (κ1) is 12.4. The maximum Gasteiger partial charge on any atom is 0.184 e. The highest BCUT2D eigenvalue weighted by atomic mass is 79.9. The van der Waals surface area contributed by atoms with Crippen LogP contribution in [-0.4, -0.2) is 4.98 Å². The maximum absolute atomic E-state index is 5.94. The Morgan fingerprint density at radius 1 is 1.33 bits per heavy atom. The van der Waals surface area contributed by atoms with Crippen molar-refractivity contribution in [2.75, 3.05) is 5.32 Å². The summed E-state index contributed by atoms with van der Waals surface area (Å²) in [6.07, 6.45) is 0. The molecule has 0 radical (unpaired) electrons. The monoisotopic (exact) mass is 358 g/mol. The van der Waals surface area contributed by atoms with Crippen LogP contribution in [0.5, 0.6) is 0 Å². The van der Waals surface area contributed by atoms with E-state index in [4.69, 9.17) is 11.6 Å². The fourth-order valence-corrected chi connectivity index (χ4v) is 3.98. The summed E-state index contributed by atoms with van der Waals surface area (Å²) in [6, 6.07) is 7.90. The topological polar surface area (TPSA) is 24.9 Å². The van der Waals surface area contributed by atoms with Gasteiger partial charge in [0.1, 0.15) is 0 Å². The van der Waals surface area contributed by atoms with Gasteiger partial charge in [0, 0.05) is 19.8 Å². The lowest BCUT2D eigenvalue weighted by Crippen LogP contribution is -1.95. The lowest BCUT2D eigenvalue weighted by Gasteiger charge is -1.98. The minimum Gasteiger partial charge on any atom is -0.357 e. The number of anilines is 1. The van der Waals surface area contributed by atoms with Gasteiger partial charge in [-0.25, -0.2) is 4.98 Å². The number of benzene rings is 1. The molecule has 0 aliphatic rings. The standard InChI is InChI=1S/C12H8BrClN2S2/c13-7-3-9(17-6-7)5-15-12-16-10-4-8(14)1-2-11(10)18-12/h1-4,6H,5H2,(H,15,16). The highest BCUT2D eigenvalue weighted by Crippen LogP contribution is 2.29. The Bertz CT molecular complexity index is 692. The molecule has 2 nitrogen and oxygen atoms in total. The van der Waals surface area contributed by atoms with Crippen molar-refractivity contribution in [1.82, 2.24) is 4.98 Å². The summed E-state index contributed by atoms with van der Waals surface area (Å²) >= 11 is 12.8. The van der Waals surface area contributed by atoms with Gasteiger partial charge in [-0.2, -0.15) is 0 Å². The summed E-state index contributed by atoms with van der Waals surface area (Å²) in [5, 5.41) is 7.07. The first-order valence-corrected chi connectivity index (χ1v) is 8.10. The van der Waals surface area contributed by atoms with E-state index in [0.29, 0.717) is 0 Å². The predicted molar refractivity (Wildman–Crippen MR) is 84.0 cm³/mol. The van der Waals surface area contributed by atoms with Crippen molar-refractivity contribution in [3.63, 3.8) is 0 Å². The molecular weight excluding hydrogens is 352 g/mol. The molecule has 0 atom stereocenters. The lowest BCUT2D eigenvalue weighted by molar-refractivity contribution is 1.18. The molecular formula is C12H8BrClN2S2. The van der Waals surface area contributed by atoms with E-state index in [1.165, 1.54) is 4.88 Å². The molecule has 0 fully saturated rings. The molecule has 0 saturated carbocycles. The van der Waals surface area contributed by atoms with Crippen LogP contribution in [0.15, 0.2) is 34.1 Å². The second kappa shape index (κ2) is 5.17. The van der Waals surface area contributed by atoms with Gasteiger partial charge in [-0.15, -0.1) is 11.3 Å². The van der Waals surface area contributed by atoms with Gasteiger partial charge in [0.25, 0.3) is 0 Å². The van der Waals surface area contributed by atoms with Crippen LogP contribution >= 0.6 is 50.2 Å². The summed E-state index contributed by atoms with van der Waals surface area (Å²) in [5.41, 5.74) is 0.947. The third-order valence-corrected chi connectivity index (χ3v) is 5.31. The zero-order chi connectivity index (χ0) is 12.5. The zero-order valence-electron chi connectivity index (χ0n) is 9.11. The molecule has 2 aromatic heterocycles. The van der Waals surface area contributed by atoms with E-state index in [1.807, 2.05) is 18.2 Å². The molecule has 0 aliphatic carbocycles. The third kappa shape index (κ3) is 2.69. The summed E-state index contributed by atoms with van der Waals surface area (Å²) in [6.45, 7) is 0.795. The van der Waals surface area contributed by atoms with E-state index in [0.717, 1.165) is 31.4 Å². The van der Waals surface area contributed by atoms with Crippen LogP contribution in [0.1, 0.15) is 4.88 Å². The van der Waals surface area contributed by atoms with Gasteiger partial charge in [0.2, 0.25) is 0 Å². The molecule has 0 aliphatic heterocycles. The van der Waals surface area contributed by atoms with Crippen LogP contribution in [0.3, 0.4) is 0 Å². The first-order chi connectivity index (χ1) is 8.70. The van der Waals surface area contributed by atoms with Gasteiger partial charge in [0.05, 0.1) is 16.8 Å². The van der Waals surface area contributed by atoms with Gasteiger partial charge in [-0.3, -0.25) is 0 Å². The second-order valence-corrected chi connectivity index (χ2v) is 7.09. The van der Waals surface area contributed by atoms with Gasteiger partial charge in [-0.05, 0) is 40.2 Å². The van der Waals surface area contributed by atoms with Crippen LogP contribution in [0.25, 0.3) is 10.2 Å². The van der Waals surface area contributed by atoms with E-state index >= 15 is 0 Å². The Kier molecular flexibility index (Phi) is 3.56. The Morgan fingerprint density at radius 3 is 3.00 bits per heavy atom. The Morgan fingerprint density at radius 2 is 2.22 bits per heavy atom. The highest BCUT2D eigenvalue weighted by Gasteiger charge is 2.04. The number of rotatable bonds is 3. The molecule has 1 N–H and O–H groups in total. The Balaban J connectivity index is 1.78. The van der Waals surface area contributed by atoms with E-state index in [1.54, 1.807) is 22.7 Å². The predicted octanol–water partition coefficient (Wildman–Crippen LogP) is 5.39. The number of thiophene rings is 1. The number of fused-ring (bicyclic) bond motifs is 1. The molecule has 0 bridgehead atoms. The summed E-state index contributed by atoms with van der Waals surface area (Å²) in [7, 11) is 0.